The molecule has 6 N–H and O–H groups in total. The molecule has 1 atom stereocenters. The fraction of sp³-hybridized carbons (Fsp3) is 0.857. The summed E-state index contributed by atoms with van der Waals surface area (Å²) in [7, 11) is 0. The van der Waals surface area contributed by atoms with Gasteiger partial charge in [0, 0.05) is 32.7 Å². The van der Waals surface area contributed by atoms with Gasteiger partial charge in [-0.25, -0.2) is 0 Å². The fourth-order valence-electron chi connectivity index (χ4n) is 2.19. The highest BCUT2D eigenvalue weighted by Crippen LogP contribution is 2.04. The average molecular weight is 351 g/mol. The van der Waals surface area contributed by atoms with Crippen LogP contribution in [-0.2, 0) is 9.59 Å². The molecule has 10 heteroatoms. The molecule has 0 aromatic rings. The topological polar surface area (TPSA) is 154 Å². The first-order valence-electron chi connectivity index (χ1n) is 7.89. The second-order valence-electron chi connectivity index (χ2n) is 5.03. The Kier molecular flexibility index (Phi) is 13.3. The molecule has 10 nitrogen and oxygen atoms in total. The SMILES string of the molecule is O=C(CC(NCCO)C(=O)N(CCO)CCO)N(CCO)CCO. The van der Waals surface area contributed by atoms with Gasteiger partial charge in [-0.15, -0.1) is 0 Å². The number of amides is 2. The third kappa shape index (κ3) is 8.52. The van der Waals surface area contributed by atoms with E-state index in [1.54, 1.807) is 0 Å². The van der Waals surface area contributed by atoms with Crippen molar-refractivity contribution in [2.75, 3.05) is 65.8 Å². The summed E-state index contributed by atoms with van der Waals surface area (Å²) in [6.45, 7) is -1.13. The first-order chi connectivity index (χ1) is 11.5. The number of hydrogen-bond acceptors (Lipinski definition) is 8. The Bertz CT molecular complexity index is 345. The maximum absolute atomic E-state index is 12.5. The van der Waals surface area contributed by atoms with Crippen LogP contribution < -0.4 is 5.32 Å². The molecule has 2 amide bonds. The summed E-state index contributed by atoms with van der Waals surface area (Å²) in [5.74, 6) is -0.914. The molecule has 0 aromatic heterocycles. The molecule has 0 heterocycles. The van der Waals surface area contributed by atoms with Crippen LogP contribution >= 0.6 is 0 Å². The van der Waals surface area contributed by atoms with Gasteiger partial charge in [-0.2, -0.15) is 0 Å². The molecule has 0 aliphatic carbocycles. The van der Waals surface area contributed by atoms with Gasteiger partial charge in [-0.05, 0) is 0 Å². The Morgan fingerprint density at radius 3 is 1.62 bits per heavy atom. The lowest BCUT2D eigenvalue weighted by atomic mass is 10.1. The number of nitrogens with zero attached hydrogens (tertiary/aromatic N) is 2. The zero-order valence-electron chi connectivity index (χ0n) is 13.8. The summed E-state index contributed by atoms with van der Waals surface area (Å²) in [5, 5.41) is 47.7. The van der Waals surface area contributed by atoms with E-state index in [2.05, 4.69) is 5.32 Å². The lowest BCUT2D eigenvalue weighted by molar-refractivity contribution is -0.140. The van der Waals surface area contributed by atoms with Crippen LogP contribution in [0.3, 0.4) is 0 Å². The van der Waals surface area contributed by atoms with Crippen LogP contribution in [0.4, 0.5) is 0 Å². The summed E-state index contributed by atoms with van der Waals surface area (Å²) in [5.41, 5.74) is 0. The van der Waals surface area contributed by atoms with Gasteiger partial charge >= 0.3 is 0 Å². The third-order valence-electron chi connectivity index (χ3n) is 3.32. The van der Waals surface area contributed by atoms with Crippen LogP contribution in [0.1, 0.15) is 6.42 Å². The number of carbonyl (C=O) groups excluding carboxylic acids is 2. The number of rotatable bonds is 14. The third-order valence-corrected chi connectivity index (χ3v) is 3.32. The van der Waals surface area contributed by atoms with E-state index in [0.29, 0.717) is 0 Å². The molecular weight excluding hydrogens is 322 g/mol. The van der Waals surface area contributed by atoms with E-state index in [1.165, 1.54) is 9.80 Å². The van der Waals surface area contributed by atoms with E-state index in [9.17, 15) is 9.59 Å². The van der Waals surface area contributed by atoms with Crippen LogP contribution in [0.2, 0.25) is 0 Å². The minimum atomic E-state index is -0.942. The molecule has 0 saturated carbocycles. The molecule has 0 rings (SSSR count). The molecule has 1 unspecified atom stereocenters. The Hall–Kier alpha value is -1.30. The molecule has 0 spiro atoms. The molecular formula is C14H29N3O7. The van der Waals surface area contributed by atoms with E-state index in [-0.39, 0.29) is 72.2 Å². The summed E-state index contributed by atoms with van der Waals surface area (Å²) < 4.78 is 0. The lowest BCUT2D eigenvalue weighted by Crippen LogP contribution is -2.51. The van der Waals surface area contributed by atoms with Crippen LogP contribution in [0.15, 0.2) is 0 Å². The van der Waals surface area contributed by atoms with E-state index < -0.39 is 17.9 Å². The van der Waals surface area contributed by atoms with Crippen molar-refractivity contribution < 1.29 is 35.1 Å². The number of carbonyl (C=O) groups is 2. The lowest BCUT2D eigenvalue weighted by Gasteiger charge is -2.28. The highest BCUT2D eigenvalue weighted by Gasteiger charge is 2.27. The number of hydrogen-bond donors (Lipinski definition) is 6. The van der Waals surface area contributed by atoms with Crippen molar-refractivity contribution in [3.05, 3.63) is 0 Å². The van der Waals surface area contributed by atoms with Gasteiger partial charge in [0.15, 0.2) is 0 Å². The first-order valence-corrected chi connectivity index (χ1v) is 7.89. The molecule has 0 radical (unpaired) electrons. The summed E-state index contributed by atoms with van der Waals surface area (Å²) in [6.07, 6.45) is -0.230. The Labute approximate surface area is 141 Å². The molecule has 0 aromatic carbocycles. The molecule has 0 saturated heterocycles. The average Bonchev–Trinajstić information content (AvgIpc) is 2.57. The molecule has 0 bridgehead atoms. The van der Waals surface area contributed by atoms with Gasteiger partial charge < -0.3 is 40.6 Å². The zero-order valence-corrected chi connectivity index (χ0v) is 13.8. The summed E-state index contributed by atoms with van der Waals surface area (Å²) in [4.78, 5) is 27.2. The molecule has 0 aliphatic rings. The van der Waals surface area contributed by atoms with Crippen molar-refractivity contribution in [1.29, 1.82) is 0 Å². The summed E-state index contributed by atoms with van der Waals surface area (Å²) >= 11 is 0. The van der Waals surface area contributed by atoms with Crippen molar-refractivity contribution in [1.82, 2.24) is 15.1 Å². The van der Waals surface area contributed by atoms with Crippen LogP contribution in [0.5, 0.6) is 0 Å². The fourth-order valence-corrected chi connectivity index (χ4v) is 2.19. The number of nitrogens with one attached hydrogen (secondary N) is 1. The smallest absolute Gasteiger partial charge is 0.240 e. The van der Waals surface area contributed by atoms with Crippen LogP contribution in [0, 0.1) is 0 Å². The van der Waals surface area contributed by atoms with Crippen molar-refractivity contribution in [3.8, 4) is 0 Å². The van der Waals surface area contributed by atoms with Gasteiger partial charge in [-0.3, -0.25) is 9.59 Å². The molecule has 24 heavy (non-hydrogen) atoms. The standard InChI is InChI=1S/C14H29N3O7/c18-6-1-15-12(14(24)17(4-9-21)5-10-22)11-13(23)16(2-7-19)3-8-20/h12,15,18-22H,1-11H2. The first kappa shape index (κ1) is 22.7. The minimum absolute atomic E-state index is 0.0158. The van der Waals surface area contributed by atoms with E-state index in [0.717, 1.165) is 0 Å². The second-order valence-corrected chi connectivity index (χ2v) is 5.03. The maximum atomic E-state index is 12.5. The van der Waals surface area contributed by atoms with Gasteiger partial charge in [0.05, 0.1) is 45.5 Å². The van der Waals surface area contributed by atoms with Gasteiger partial charge in [0.1, 0.15) is 0 Å². The monoisotopic (exact) mass is 351 g/mol. The molecule has 0 fully saturated rings. The van der Waals surface area contributed by atoms with Crippen molar-refractivity contribution >= 4 is 11.8 Å². The predicted molar refractivity (Wildman–Crippen MR) is 85.0 cm³/mol. The normalized spacial score (nSPS) is 12.0. The Morgan fingerprint density at radius 1 is 0.750 bits per heavy atom. The Balaban J connectivity index is 5.01. The highest BCUT2D eigenvalue weighted by molar-refractivity contribution is 5.88. The van der Waals surface area contributed by atoms with Crippen molar-refractivity contribution in [3.63, 3.8) is 0 Å². The van der Waals surface area contributed by atoms with E-state index in [1.807, 2.05) is 0 Å². The zero-order chi connectivity index (χ0) is 18.4. The van der Waals surface area contributed by atoms with E-state index in [4.69, 9.17) is 25.5 Å². The van der Waals surface area contributed by atoms with Gasteiger partial charge in [0.25, 0.3) is 0 Å². The van der Waals surface area contributed by atoms with Crippen LogP contribution in [-0.4, -0.2) is 119 Å². The quantitative estimate of drug-likeness (QED) is 0.185. The minimum Gasteiger partial charge on any atom is -0.395 e. The predicted octanol–water partition coefficient (Wildman–Crippen LogP) is -4.05. The van der Waals surface area contributed by atoms with Crippen molar-refractivity contribution in [2.24, 2.45) is 0 Å². The molecule has 0 aliphatic heterocycles. The van der Waals surface area contributed by atoms with Gasteiger partial charge in [0.2, 0.25) is 11.8 Å². The highest BCUT2D eigenvalue weighted by atomic mass is 16.3. The summed E-state index contributed by atoms with van der Waals surface area (Å²) in [6, 6.07) is -0.942. The maximum Gasteiger partial charge on any atom is 0.240 e. The van der Waals surface area contributed by atoms with E-state index >= 15 is 0 Å². The second kappa shape index (κ2) is 14.1. The number of aliphatic hydroxyl groups excluding tert-OH is 5. The van der Waals surface area contributed by atoms with Crippen molar-refractivity contribution in [2.45, 2.75) is 12.5 Å². The Morgan fingerprint density at radius 2 is 1.21 bits per heavy atom. The molecule has 142 valence electrons. The largest absolute Gasteiger partial charge is 0.395 e. The number of aliphatic hydroxyl groups is 5. The van der Waals surface area contributed by atoms with Crippen LogP contribution in [0.25, 0.3) is 0 Å². The van der Waals surface area contributed by atoms with Gasteiger partial charge in [-0.1, -0.05) is 0 Å².